The molecule has 0 saturated carbocycles. The van der Waals surface area contributed by atoms with E-state index in [9.17, 15) is 13.2 Å². The van der Waals surface area contributed by atoms with E-state index in [1.54, 1.807) is 6.92 Å². The van der Waals surface area contributed by atoms with Gasteiger partial charge in [0.25, 0.3) is 10.0 Å². The summed E-state index contributed by atoms with van der Waals surface area (Å²) in [6.07, 6.45) is 1.30. The van der Waals surface area contributed by atoms with Crippen LogP contribution in [0.5, 0.6) is 5.75 Å². The van der Waals surface area contributed by atoms with E-state index in [4.69, 9.17) is 21.1 Å². The van der Waals surface area contributed by atoms with Crippen molar-refractivity contribution in [3.63, 3.8) is 0 Å². The van der Waals surface area contributed by atoms with Crippen LogP contribution in [0.15, 0.2) is 41.4 Å². The first-order valence-electron chi connectivity index (χ1n) is 6.87. The number of carbonyl (C=O) groups excluding carboxylic acids is 1. The standard InChI is InChI=1S/C15H15ClN2O5S/c1-3-23-15(19)10-6-7-17-14(8-10)18-24(20,21)13-9-11(16)4-5-12(13)22-2/h4-9H,3H2,1-2H3,(H,17,18). The zero-order valence-electron chi connectivity index (χ0n) is 12.9. The SMILES string of the molecule is CCOC(=O)c1ccnc(NS(=O)(=O)c2cc(Cl)ccc2OC)c1. The average Bonchev–Trinajstić information content (AvgIpc) is 2.55. The topological polar surface area (TPSA) is 94.6 Å². The molecule has 0 aliphatic rings. The van der Waals surface area contributed by atoms with Crippen molar-refractivity contribution in [3.8, 4) is 5.75 Å². The molecule has 0 bridgehead atoms. The van der Waals surface area contributed by atoms with E-state index < -0.39 is 16.0 Å². The third-order valence-electron chi connectivity index (χ3n) is 2.93. The van der Waals surface area contributed by atoms with E-state index in [-0.39, 0.29) is 33.7 Å². The van der Waals surface area contributed by atoms with E-state index in [1.165, 1.54) is 43.6 Å². The van der Waals surface area contributed by atoms with Crippen LogP contribution < -0.4 is 9.46 Å². The molecule has 1 aromatic heterocycles. The predicted molar refractivity (Wildman–Crippen MR) is 89.0 cm³/mol. The molecule has 0 saturated heterocycles. The maximum Gasteiger partial charge on any atom is 0.338 e. The molecule has 0 fully saturated rings. The van der Waals surface area contributed by atoms with Crippen molar-refractivity contribution in [2.45, 2.75) is 11.8 Å². The molecule has 1 N–H and O–H groups in total. The minimum atomic E-state index is -4.01. The van der Waals surface area contributed by atoms with Crippen molar-refractivity contribution < 1.29 is 22.7 Å². The number of hydrogen-bond donors (Lipinski definition) is 1. The number of aromatic nitrogens is 1. The van der Waals surface area contributed by atoms with Crippen LogP contribution in [0.4, 0.5) is 5.82 Å². The second kappa shape index (κ2) is 7.50. The van der Waals surface area contributed by atoms with Crippen LogP contribution >= 0.6 is 11.6 Å². The zero-order chi connectivity index (χ0) is 17.7. The van der Waals surface area contributed by atoms with Gasteiger partial charge >= 0.3 is 5.97 Å². The summed E-state index contributed by atoms with van der Waals surface area (Å²) in [6, 6.07) is 6.93. The van der Waals surface area contributed by atoms with Crippen molar-refractivity contribution in [1.29, 1.82) is 0 Å². The summed E-state index contributed by atoms with van der Waals surface area (Å²) in [7, 11) is -2.66. The third kappa shape index (κ3) is 4.15. The minimum absolute atomic E-state index is 0.0254. The van der Waals surface area contributed by atoms with Crippen LogP contribution in [0, 0.1) is 0 Å². The molecule has 0 radical (unpaired) electrons. The van der Waals surface area contributed by atoms with Gasteiger partial charge in [-0.05, 0) is 37.3 Å². The van der Waals surface area contributed by atoms with E-state index in [1.807, 2.05) is 0 Å². The second-order valence-corrected chi connectivity index (χ2v) is 6.64. The Labute approximate surface area is 144 Å². The lowest BCUT2D eigenvalue weighted by molar-refractivity contribution is 0.0526. The van der Waals surface area contributed by atoms with Gasteiger partial charge in [0.15, 0.2) is 0 Å². The number of benzene rings is 1. The Hall–Kier alpha value is -2.32. The molecule has 24 heavy (non-hydrogen) atoms. The summed E-state index contributed by atoms with van der Waals surface area (Å²) in [6.45, 7) is 1.88. The van der Waals surface area contributed by atoms with Gasteiger partial charge in [0.05, 0.1) is 19.3 Å². The molecule has 0 spiro atoms. The number of rotatable bonds is 6. The molecule has 0 aliphatic heterocycles. The second-order valence-electron chi connectivity index (χ2n) is 4.55. The number of anilines is 1. The number of pyridine rings is 1. The van der Waals surface area contributed by atoms with Gasteiger partial charge in [-0.1, -0.05) is 11.6 Å². The first-order chi connectivity index (χ1) is 11.4. The summed E-state index contributed by atoms with van der Waals surface area (Å²) >= 11 is 5.86. The molecular weight excluding hydrogens is 356 g/mol. The Morgan fingerprint density at radius 1 is 1.29 bits per heavy atom. The smallest absolute Gasteiger partial charge is 0.338 e. The number of sulfonamides is 1. The third-order valence-corrected chi connectivity index (χ3v) is 4.54. The number of hydrogen-bond acceptors (Lipinski definition) is 6. The Balaban J connectivity index is 2.35. The highest BCUT2D eigenvalue weighted by Crippen LogP contribution is 2.28. The molecule has 7 nitrogen and oxygen atoms in total. The maximum absolute atomic E-state index is 12.5. The maximum atomic E-state index is 12.5. The van der Waals surface area contributed by atoms with Crippen molar-refractivity contribution >= 4 is 33.4 Å². The van der Waals surface area contributed by atoms with Crippen molar-refractivity contribution in [2.24, 2.45) is 0 Å². The number of halogens is 1. The molecule has 2 aromatic rings. The Morgan fingerprint density at radius 3 is 2.71 bits per heavy atom. The summed E-state index contributed by atoms with van der Waals surface area (Å²) in [5, 5.41) is 0.240. The first kappa shape index (κ1) is 18.0. The van der Waals surface area contributed by atoms with Gasteiger partial charge in [-0.25, -0.2) is 18.2 Å². The van der Waals surface area contributed by atoms with Gasteiger partial charge < -0.3 is 9.47 Å². The number of methoxy groups -OCH3 is 1. The average molecular weight is 371 g/mol. The highest BCUT2D eigenvalue weighted by atomic mass is 35.5. The Morgan fingerprint density at radius 2 is 2.04 bits per heavy atom. The molecule has 1 aromatic carbocycles. The van der Waals surface area contributed by atoms with E-state index in [0.29, 0.717) is 0 Å². The highest BCUT2D eigenvalue weighted by molar-refractivity contribution is 7.92. The fraction of sp³-hybridized carbons (Fsp3) is 0.200. The monoisotopic (exact) mass is 370 g/mol. The molecule has 0 amide bonds. The van der Waals surface area contributed by atoms with Crippen molar-refractivity contribution in [3.05, 3.63) is 47.1 Å². The van der Waals surface area contributed by atoms with Gasteiger partial charge in [0, 0.05) is 11.2 Å². The number of nitrogens with zero attached hydrogens (tertiary/aromatic N) is 1. The lowest BCUT2D eigenvalue weighted by atomic mass is 10.3. The highest BCUT2D eigenvalue weighted by Gasteiger charge is 2.21. The van der Waals surface area contributed by atoms with Crippen LogP contribution in [0.2, 0.25) is 5.02 Å². The fourth-order valence-corrected chi connectivity index (χ4v) is 3.31. The van der Waals surface area contributed by atoms with E-state index in [2.05, 4.69) is 9.71 Å². The van der Waals surface area contributed by atoms with Crippen LogP contribution in [-0.4, -0.2) is 33.1 Å². The van der Waals surface area contributed by atoms with Crippen LogP contribution in [0.1, 0.15) is 17.3 Å². The predicted octanol–water partition coefficient (Wildman–Crippen LogP) is 2.72. The lowest BCUT2D eigenvalue weighted by Gasteiger charge is -2.12. The van der Waals surface area contributed by atoms with E-state index in [0.717, 1.165) is 0 Å². The van der Waals surface area contributed by atoms with Crippen LogP contribution in [0.3, 0.4) is 0 Å². The quantitative estimate of drug-likeness (QED) is 0.785. The number of nitrogens with one attached hydrogen (secondary N) is 1. The Bertz CT molecular complexity index is 855. The lowest BCUT2D eigenvalue weighted by Crippen LogP contribution is -2.15. The van der Waals surface area contributed by atoms with Crippen molar-refractivity contribution in [1.82, 2.24) is 4.98 Å². The number of carbonyl (C=O) groups is 1. The van der Waals surface area contributed by atoms with E-state index >= 15 is 0 Å². The molecule has 9 heteroatoms. The summed E-state index contributed by atoms with van der Waals surface area (Å²) in [5.41, 5.74) is 0.183. The summed E-state index contributed by atoms with van der Waals surface area (Å²) < 4.78 is 37.3. The van der Waals surface area contributed by atoms with Crippen LogP contribution in [-0.2, 0) is 14.8 Å². The Kier molecular flexibility index (Phi) is 5.63. The molecule has 128 valence electrons. The minimum Gasteiger partial charge on any atom is -0.495 e. The van der Waals surface area contributed by atoms with Crippen molar-refractivity contribution in [2.75, 3.05) is 18.4 Å². The number of ether oxygens (including phenoxy) is 2. The summed E-state index contributed by atoms with van der Waals surface area (Å²) in [4.78, 5) is 15.5. The van der Waals surface area contributed by atoms with Gasteiger partial charge in [-0.3, -0.25) is 4.72 Å². The van der Waals surface area contributed by atoms with Gasteiger partial charge in [-0.15, -0.1) is 0 Å². The fourth-order valence-electron chi connectivity index (χ4n) is 1.88. The molecule has 1 heterocycles. The van der Waals surface area contributed by atoms with Gasteiger partial charge in [-0.2, -0.15) is 0 Å². The molecule has 0 unspecified atom stereocenters. The summed E-state index contributed by atoms with van der Waals surface area (Å²) in [5.74, 6) is -0.461. The molecular formula is C15H15ClN2O5S. The first-order valence-corrected chi connectivity index (χ1v) is 8.73. The number of esters is 1. The largest absolute Gasteiger partial charge is 0.495 e. The van der Waals surface area contributed by atoms with Gasteiger partial charge in [0.1, 0.15) is 16.5 Å². The molecule has 0 aliphatic carbocycles. The van der Waals surface area contributed by atoms with Gasteiger partial charge in [0.2, 0.25) is 0 Å². The molecule has 2 rings (SSSR count). The zero-order valence-corrected chi connectivity index (χ0v) is 14.5. The normalized spacial score (nSPS) is 11.0. The van der Waals surface area contributed by atoms with Crippen LogP contribution in [0.25, 0.3) is 0 Å². The molecule has 0 atom stereocenters.